The number of phenolic OH excluding ortho intramolecular Hbond substituents is 1. The third-order valence-electron chi connectivity index (χ3n) is 2.60. The van der Waals surface area contributed by atoms with Crippen LogP contribution in [0.25, 0.3) is 0 Å². The molecule has 1 aromatic rings. The predicted molar refractivity (Wildman–Crippen MR) is 64.0 cm³/mol. The molecule has 0 heterocycles. The molecule has 0 saturated heterocycles. The Bertz CT molecular complexity index is 502. The zero-order valence-corrected chi connectivity index (χ0v) is 9.94. The largest absolute Gasteiger partial charge is 0.508 e. The summed E-state index contributed by atoms with van der Waals surface area (Å²) in [5.41, 5.74) is 1.92. The van der Waals surface area contributed by atoms with Crippen LogP contribution in [0, 0.1) is 21.3 Å². The van der Waals surface area contributed by atoms with Gasteiger partial charge in [-0.1, -0.05) is 0 Å². The van der Waals surface area contributed by atoms with Gasteiger partial charge in [0.2, 0.25) is 0 Å². The predicted octanol–water partition coefficient (Wildman–Crippen LogP) is 2.65. The van der Waals surface area contributed by atoms with Crippen LogP contribution in [0.5, 0.6) is 5.75 Å². The molecule has 0 bridgehead atoms. The van der Waals surface area contributed by atoms with E-state index in [1.54, 1.807) is 12.1 Å². The highest BCUT2D eigenvalue weighted by Crippen LogP contribution is 2.40. The normalized spacial score (nSPS) is 17.5. The summed E-state index contributed by atoms with van der Waals surface area (Å²) in [5, 5.41) is 31.4. The fraction of sp³-hybridized carbons (Fsp3) is 0.273. The van der Waals surface area contributed by atoms with Crippen molar-refractivity contribution in [3.05, 3.63) is 23.3 Å². The first-order chi connectivity index (χ1) is 7.76. The molecule has 1 aliphatic rings. The van der Waals surface area contributed by atoms with E-state index in [1.807, 2.05) is 5.40 Å². The van der Waals surface area contributed by atoms with Crippen LogP contribution < -0.4 is 0 Å². The SMILES string of the molecule is N#CSc1ccc(O)c2c1CC(SC#N)C2. The topological polar surface area (TPSA) is 67.8 Å². The third kappa shape index (κ3) is 1.97. The van der Waals surface area contributed by atoms with E-state index in [-0.39, 0.29) is 11.0 Å². The molecule has 3 nitrogen and oxygen atoms in total. The lowest BCUT2D eigenvalue weighted by Gasteiger charge is -2.05. The summed E-state index contributed by atoms with van der Waals surface area (Å²) in [6, 6.07) is 3.39. The highest BCUT2D eigenvalue weighted by molar-refractivity contribution is 8.04. The Labute approximate surface area is 102 Å². The van der Waals surface area contributed by atoms with Crippen molar-refractivity contribution in [3.63, 3.8) is 0 Å². The number of hydrogen-bond acceptors (Lipinski definition) is 5. The van der Waals surface area contributed by atoms with Crippen molar-refractivity contribution in [2.24, 2.45) is 0 Å². The molecule has 16 heavy (non-hydrogen) atoms. The summed E-state index contributed by atoms with van der Waals surface area (Å²) in [5.74, 6) is 0.276. The summed E-state index contributed by atoms with van der Waals surface area (Å²) in [6.45, 7) is 0. The lowest BCUT2D eigenvalue weighted by molar-refractivity contribution is 0.468. The third-order valence-corrected chi connectivity index (χ3v) is 4.07. The van der Waals surface area contributed by atoms with Crippen LogP contribution in [0.1, 0.15) is 11.1 Å². The van der Waals surface area contributed by atoms with Crippen molar-refractivity contribution >= 4 is 23.5 Å². The van der Waals surface area contributed by atoms with Crippen molar-refractivity contribution in [3.8, 4) is 16.6 Å². The minimum absolute atomic E-state index is 0.200. The molecule has 1 atom stereocenters. The molecule has 0 aliphatic heterocycles. The number of thioether (sulfide) groups is 2. The number of aromatic hydroxyl groups is 1. The average molecular weight is 248 g/mol. The molecular formula is C11H8N2OS2. The number of thiocyanates is 2. The van der Waals surface area contributed by atoms with Crippen LogP contribution >= 0.6 is 23.5 Å². The number of nitrogens with zero attached hydrogens (tertiary/aromatic N) is 2. The van der Waals surface area contributed by atoms with Crippen LogP contribution in [-0.2, 0) is 12.8 Å². The maximum atomic E-state index is 9.73. The molecular weight excluding hydrogens is 240 g/mol. The molecule has 1 N–H and O–H groups in total. The molecule has 80 valence electrons. The maximum Gasteiger partial charge on any atom is 0.138 e. The number of rotatable bonds is 2. The van der Waals surface area contributed by atoms with Gasteiger partial charge in [0.25, 0.3) is 0 Å². The van der Waals surface area contributed by atoms with Crippen molar-refractivity contribution in [1.82, 2.24) is 0 Å². The second kappa shape index (κ2) is 4.69. The highest BCUT2D eigenvalue weighted by atomic mass is 32.2. The van der Waals surface area contributed by atoms with E-state index < -0.39 is 0 Å². The molecule has 0 amide bonds. The molecule has 1 unspecified atom stereocenters. The number of nitriles is 2. The lowest BCUT2D eigenvalue weighted by atomic mass is 10.1. The second-order valence-electron chi connectivity index (χ2n) is 3.47. The molecule has 0 fully saturated rings. The van der Waals surface area contributed by atoms with Gasteiger partial charge in [0, 0.05) is 10.1 Å². The number of phenols is 1. The minimum atomic E-state index is 0.200. The van der Waals surface area contributed by atoms with Crippen molar-refractivity contribution in [1.29, 1.82) is 10.5 Å². The summed E-state index contributed by atoms with van der Waals surface area (Å²) >= 11 is 2.34. The zero-order chi connectivity index (χ0) is 11.5. The van der Waals surface area contributed by atoms with E-state index >= 15 is 0 Å². The molecule has 0 spiro atoms. The number of fused-ring (bicyclic) bond motifs is 1. The summed E-state index contributed by atoms with van der Waals surface area (Å²) < 4.78 is 0. The van der Waals surface area contributed by atoms with Gasteiger partial charge in [0.15, 0.2) is 0 Å². The Balaban J connectivity index is 2.36. The molecule has 5 heteroatoms. The van der Waals surface area contributed by atoms with Crippen LogP contribution in [0.15, 0.2) is 17.0 Å². The van der Waals surface area contributed by atoms with Crippen LogP contribution in [-0.4, -0.2) is 10.4 Å². The van der Waals surface area contributed by atoms with E-state index in [4.69, 9.17) is 10.5 Å². The summed E-state index contributed by atoms with van der Waals surface area (Å²) in [4.78, 5) is 0.899. The monoisotopic (exact) mass is 248 g/mol. The van der Waals surface area contributed by atoms with Crippen LogP contribution in [0.4, 0.5) is 0 Å². The fourth-order valence-corrected chi connectivity index (χ4v) is 3.15. The summed E-state index contributed by atoms with van der Waals surface area (Å²) in [6.07, 6.45) is 1.46. The van der Waals surface area contributed by atoms with Gasteiger partial charge >= 0.3 is 0 Å². The standard InChI is InChI=1S/C11H8N2OS2/c12-5-15-7-3-8-9(4-7)11(16-6-13)2-1-10(8)14/h1-2,7,14H,3-4H2. The Morgan fingerprint density at radius 2 is 1.94 bits per heavy atom. The molecule has 0 saturated carbocycles. The first-order valence-corrected chi connectivity index (χ1v) is 6.40. The van der Waals surface area contributed by atoms with Crippen molar-refractivity contribution in [2.45, 2.75) is 23.0 Å². The van der Waals surface area contributed by atoms with Gasteiger partial charge in [0.05, 0.1) is 0 Å². The highest BCUT2D eigenvalue weighted by Gasteiger charge is 2.27. The van der Waals surface area contributed by atoms with Gasteiger partial charge in [0.1, 0.15) is 16.6 Å². The summed E-state index contributed by atoms with van der Waals surface area (Å²) in [7, 11) is 0. The van der Waals surface area contributed by atoms with Gasteiger partial charge in [-0.25, -0.2) is 0 Å². The zero-order valence-electron chi connectivity index (χ0n) is 8.30. The second-order valence-corrected chi connectivity index (χ2v) is 5.38. The van der Waals surface area contributed by atoms with E-state index in [2.05, 4.69) is 5.40 Å². The van der Waals surface area contributed by atoms with Crippen LogP contribution in [0.2, 0.25) is 0 Å². The molecule has 2 rings (SSSR count). The molecule has 1 aliphatic carbocycles. The van der Waals surface area contributed by atoms with Crippen molar-refractivity contribution < 1.29 is 5.11 Å². The Morgan fingerprint density at radius 3 is 2.62 bits per heavy atom. The first kappa shape index (κ1) is 11.2. The van der Waals surface area contributed by atoms with E-state index in [0.29, 0.717) is 6.42 Å². The number of hydrogen-bond donors (Lipinski definition) is 1. The molecule has 0 aromatic heterocycles. The Morgan fingerprint density at radius 1 is 1.19 bits per heavy atom. The maximum absolute atomic E-state index is 9.73. The van der Waals surface area contributed by atoms with Gasteiger partial charge in [-0.3, -0.25) is 0 Å². The Hall–Kier alpha value is -1.30. The van der Waals surface area contributed by atoms with Gasteiger partial charge in [-0.05, 0) is 59.6 Å². The number of benzene rings is 1. The minimum Gasteiger partial charge on any atom is -0.508 e. The average Bonchev–Trinajstić information content (AvgIpc) is 2.68. The first-order valence-electron chi connectivity index (χ1n) is 4.70. The van der Waals surface area contributed by atoms with E-state index in [0.717, 1.165) is 34.2 Å². The van der Waals surface area contributed by atoms with E-state index in [1.165, 1.54) is 11.8 Å². The quantitative estimate of drug-likeness (QED) is 0.643. The fourth-order valence-electron chi connectivity index (χ4n) is 1.94. The molecule has 0 radical (unpaired) electrons. The van der Waals surface area contributed by atoms with E-state index in [9.17, 15) is 5.11 Å². The lowest BCUT2D eigenvalue weighted by Crippen LogP contribution is -1.99. The van der Waals surface area contributed by atoms with Gasteiger partial charge < -0.3 is 5.11 Å². The Kier molecular flexibility index (Phi) is 3.28. The molecule has 1 aromatic carbocycles. The van der Waals surface area contributed by atoms with Gasteiger partial charge in [-0.15, -0.1) is 0 Å². The van der Waals surface area contributed by atoms with Gasteiger partial charge in [-0.2, -0.15) is 10.5 Å². The smallest absolute Gasteiger partial charge is 0.138 e. The van der Waals surface area contributed by atoms with Crippen LogP contribution in [0.3, 0.4) is 0 Å². The van der Waals surface area contributed by atoms with Crippen molar-refractivity contribution in [2.75, 3.05) is 0 Å².